The molecule has 3 N–H and O–H groups in total. The maximum absolute atomic E-state index is 13.7. The van der Waals surface area contributed by atoms with Gasteiger partial charge in [0.2, 0.25) is 0 Å². The van der Waals surface area contributed by atoms with Gasteiger partial charge in [-0.2, -0.15) is 0 Å². The van der Waals surface area contributed by atoms with E-state index in [0.717, 1.165) is 11.1 Å². The first-order valence-electron chi connectivity index (χ1n) is 6.63. The van der Waals surface area contributed by atoms with Gasteiger partial charge in [0.15, 0.2) is 11.6 Å². The van der Waals surface area contributed by atoms with Crippen molar-refractivity contribution in [2.75, 3.05) is 17.7 Å². The first-order chi connectivity index (χ1) is 10.2. The Morgan fingerprint density at radius 3 is 2.90 bits per heavy atom. The van der Waals surface area contributed by atoms with Crippen LogP contribution in [0.25, 0.3) is 10.1 Å². The van der Waals surface area contributed by atoms with Gasteiger partial charge in [0.1, 0.15) is 0 Å². The van der Waals surface area contributed by atoms with Crippen LogP contribution in [0, 0.1) is 5.82 Å². The molecule has 0 amide bonds. The molecule has 3 rings (SSSR count). The molecule has 0 saturated heterocycles. The molecule has 0 aliphatic heterocycles. The first kappa shape index (κ1) is 13.7. The SMILES string of the molecule is CCOc1cc(Nc2ccc3sccc3c2)c(N)cc1F. The number of fused-ring (bicyclic) bond motifs is 1. The third-order valence-electron chi connectivity index (χ3n) is 3.14. The molecular weight excluding hydrogens is 287 g/mol. The Morgan fingerprint density at radius 1 is 1.24 bits per heavy atom. The van der Waals surface area contributed by atoms with E-state index < -0.39 is 5.82 Å². The molecule has 0 radical (unpaired) electrons. The topological polar surface area (TPSA) is 47.3 Å². The van der Waals surface area contributed by atoms with Crippen molar-refractivity contribution in [3.8, 4) is 5.75 Å². The average Bonchev–Trinajstić information content (AvgIpc) is 2.92. The molecule has 3 aromatic rings. The van der Waals surface area contributed by atoms with Crippen molar-refractivity contribution in [2.24, 2.45) is 0 Å². The zero-order valence-corrected chi connectivity index (χ0v) is 12.3. The van der Waals surface area contributed by atoms with Crippen LogP contribution >= 0.6 is 11.3 Å². The number of rotatable bonds is 4. The highest BCUT2D eigenvalue weighted by molar-refractivity contribution is 7.17. The van der Waals surface area contributed by atoms with Gasteiger partial charge < -0.3 is 15.8 Å². The summed E-state index contributed by atoms with van der Waals surface area (Å²) >= 11 is 1.69. The molecule has 5 heteroatoms. The molecule has 2 aromatic carbocycles. The predicted molar refractivity (Wildman–Crippen MR) is 87.1 cm³/mol. The molecule has 3 nitrogen and oxygen atoms in total. The second-order valence-corrected chi connectivity index (χ2v) is 5.55. The Morgan fingerprint density at radius 2 is 2.10 bits per heavy atom. The molecule has 1 aromatic heterocycles. The van der Waals surface area contributed by atoms with Gasteiger partial charge >= 0.3 is 0 Å². The van der Waals surface area contributed by atoms with Crippen molar-refractivity contribution in [1.29, 1.82) is 0 Å². The third kappa shape index (κ3) is 2.78. The van der Waals surface area contributed by atoms with E-state index in [0.29, 0.717) is 18.0 Å². The summed E-state index contributed by atoms with van der Waals surface area (Å²) < 4.78 is 20.2. The Hall–Kier alpha value is -2.27. The van der Waals surface area contributed by atoms with Crippen LogP contribution in [0.5, 0.6) is 5.75 Å². The summed E-state index contributed by atoms with van der Waals surface area (Å²) in [6, 6.07) is 11.0. The second kappa shape index (κ2) is 5.61. The molecule has 108 valence electrons. The summed E-state index contributed by atoms with van der Waals surface area (Å²) in [6.07, 6.45) is 0. The van der Waals surface area contributed by atoms with E-state index in [4.69, 9.17) is 10.5 Å². The monoisotopic (exact) mass is 302 g/mol. The Balaban J connectivity index is 1.94. The number of nitrogen functional groups attached to an aromatic ring is 1. The number of hydrogen-bond donors (Lipinski definition) is 2. The molecule has 21 heavy (non-hydrogen) atoms. The third-order valence-corrected chi connectivity index (χ3v) is 4.03. The fourth-order valence-electron chi connectivity index (χ4n) is 2.14. The average molecular weight is 302 g/mol. The van der Waals surface area contributed by atoms with Crippen molar-refractivity contribution in [1.82, 2.24) is 0 Å². The van der Waals surface area contributed by atoms with E-state index in [2.05, 4.69) is 11.4 Å². The fraction of sp³-hybridized carbons (Fsp3) is 0.125. The fourth-order valence-corrected chi connectivity index (χ4v) is 2.91. The van der Waals surface area contributed by atoms with Crippen LogP contribution < -0.4 is 15.8 Å². The van der Waals surface area contributed by atoms with E-state index in [1.807, 2.05) is 30.5 Å². The highest BCUT2D eigenvalue weighted by atomic mass is 32.1. The van der Waals surface area contributed by atoms with Crippen molar-refractivity contribution in [3.63, 3.8) is 0 Å². The van der Waals surface area contributed by atoms with Crippen LogP contribution in [0.15, 0.2) is 41.8 Å². The number of nitrogens with one attached hydrogen (secondary N) is 1. The maximum atomic E-state index is 13.7. The van der Waals surface area contributed by atoms with Crippen LogP contribution in [-0.2, 0) is 0 Å². The van der Waals surface area contributed by atoms with Gasteiger partial charge in [-0.3, -0.25) is 0 Å². The normalized spacial score (nSPS) is 10.8. The summed E-state index contributed by atoms with van der Waals surface area (Å²) in [6.45, 7) is 2.22. The van der Waals surface area contributed by atoms with Crippen molar-refractivity contribution in [3.05, 3.63) is 47.6 Å². The van der Waals surface area contributed by atoms with Crippen molar-refractivity contribution >= 4 is 38.5 Å². The lowest BCUT2D eigenvalue weighted by atomic mass is 10.2. The first-order valence-corrected chi connectivity index (χ1v) is 7.51. The molecule has 0 bridgehead atoms. The Bertz CT molecular complexity index is 785. The van der Waals surface area contributed by atoms with Gasteiger partial charge in [-0.25, -0.2) is 4.39 Å². The van der Waals surface area contributed by atoms with E-state index in [-0.39, 0.29) is 5.75 Å². The maximum Gasteiger partial charge on any atom is 0.167 e. The lowest BCUT2D eigenvalue weighted by molar-refractivity contribution is 0.322. The predicted octanol–water partition coefficient (Wildman–Crippen LogP) is 4.76. The van der Waals surface area contributed by atoms with Crippen LogP contribution in [-0.4, -0.2) is 6.61 Å². The molecule has 0 saturated carbocycles. The highest BCUT2D eigenvalue weighted by Crippen LogP contribution is 2.32. The van der Waals surface area contributed by atoms with Crippen LogP contribution in [0.3, 0.4) is 0 Å². The molecule has 0 atom stereocenters. The minimum atomic E-state index is -0.451. The van der Waals surface area contributed by atoms with E-state index in [9.17, 15) is 4.39 Å². The molecule has 0 fully saturated rings. The van der Waals surface area contributed by atoms with E-state index in [1.54, 1.807) is 17.4 Å². The summed E-state index contributed by atoms with van der Waals surface area (Å²) in [7, 11) is 0. The summed E-state index contributed by atoms with van der Waals surface area (Å²) in [5.74, 6) is -0.251. The Labute approximate surface area is 126 Å². The summed E-state index contributed by atoms with van der Waals surface area (Å²) in [4.78, 5) is 0. The lowest BCUT2D eigenvalue weighted by Crippen LogP contribution is -2.01. The number of nitrogens with two attached hydrogens (primary N) is 1. The smallest absolute Gasteiger partial charge is 0.167 e. The number of hydrogen-bond acceptors (Lipinski definition) is 4. The van der Waals surface area contributed by atoms with Gasteiger partial charge in [-0.05, 0) is 42.0 Å². The van der Waals surface area contributed by atoms with Crippen molar-refractivity contribution < 1.29 is 9.13 Å². The summed E-state index contributed by atoms with van der Waals surface area (Å²) in [5, 5.41) is 6.43. The van der Waals surface area contributed by atoms with Crippen LogP contribution in [0.4, 0.5) is 21.5 Å². The number of thiophene rings is 1. The lowest BCUT2D eigenvalue weighted by Gasteiger charge is -2.12. The second-order valence-electron chi connectivity index (χ2n) is 4.60. The molecule has 0 aliphatic rings. The zero-order valence-electron chi connectivity index (χ0n) is 11.5. The van der Waals surface area contributed by atoms with E-state index in [1.165, 1.54) is 10.8 Å². The standard InChI is InChI=1S/C16H15FN2OS/c1-2-20-15-9-14(13(18)8-12(15)17)19-11-3-4-16-10(7-11)5-6-21-16/h3-9,19H,2,18H2,1H3. The Kier molecular flexibility index (Phi) is 3.66. The largest absolute Gasteiger partial charge is 0.491 e. The van der Waals surface area contributed by atoms with Gasteiger partial charge in [-0.1, -0.05) is 0 Å². The van der Waals surface area contributed by atoms with Gasteiger partial charge in [0.05, 0.1) is 18.0 Å². The molecule has 0 aliphatic carbocycles. The minimum Gasteiger partial charge on any atom is -0.491 e. The number of ether oxygens (including phenoxy) is 1. The highest BCUT2D eigenvalue weighted by Gasteiger charge is 2.09. The van der Waals surface area contributed by atoms with Crippen LogP contribution in [0.1, 0.15) is 6.92 Å². The van der Waals surface area contributed by atoms with Gasteiger partial charge in [0, 0.05) is 22.5 Å². The van der Waals surface area contributed by atoms with Crippen LogP contribution in [0.2, 0.25) is 0 Å². The molecule has 0 spiro atoms. The van der Waals surface area contributed by atoms with Gasteiger partial charge in [-0.15, -0.1) is 11.3 Å². The zero-order chi connectivity index (χ0) is 14.8. The summed E-state index contributed by atoms with van der Waals surface area (Å²) in [5.41, 5.74) is 7.76. The van der Waals surface area contributed by atoms with Gasteiger partial charge in [0.25, 0.3) is 0 Å². The molecular formula is C16H15FN2OS. The number of halogens is 1. The van der Waals surface area contributed by atoms with Crippen molar-refractivity contribution in [2.45, 2.75) is 6.92 Å². The molecule has 0 unspecified atom stereocenters. The number of benzene rings is 2. The minimum absolute atomic E-state index is 0.200. The van der Waals surface area contributed by atoms with E-state index >= 15 is 0 Å². The molecule has 1 heterocycles. The quantitative estimate of drug-likeness (QED) is 0.683. The number of anilines is 3.